The minimum absolute atomic E-state index is 0.00694. The van der Waals surface area contributed by atoms with Crippen molar-refractivity contribution in [3.8, 4) is 0 Å². The standard InChI is InChI=1S/C10H13F2N3.C6H6N2O.C4H7F2N/c11-10(12)3-4-15(7-10)6-8-1-2-9(13)14-5-8;7-6-2-1-5(4-9)3-8-6;5-4(6)1-2-7-3-4/h1-2,5H,3-4,6-7H2,(H2,13,14);1-4H,(H2,7,8);7H,1-3H2. The second kappa shape index (κ2) is 11.0. The first-order valence-electron chi connectivity index (χ1n) is 9.64. The van der Waals surface area contributed by atoms with E-state index in [1.165, 1.54) is 6.20 Å². The average molecular weight is 442 g/mol. The number of nitrogen functional groups attached to an aromatic ring is 2. The SMILES string of the molecule is FC1(F)CCNC1.Nc1ccc(C=O)cn1.Nc1ccc(CN2CCC(F)(F)C2)cn1. The minimum Gasteiger partial charge on any atom is -0.384 e. The zero-order valence-corrected chi connectivity index (χ0v) is 16.9. The summed E-state index contributed by atoms with van der Waals surface area (Å²) in [6, 6.07) is 6.71. The molecule has 2 aromatic rings. The maximum atomic E-state index is 12.9. The van der Waals surface area contributed by atoms with Crippen molar-refractivity contribution < 1.29 is 22.4 Å². The fraction of sp³-hybridized carbons (Fsp3) is 0.450. The van der Waals surface area contributed by atoms with Gasteiger partial charge in [-0.2, -0.15) is 0 Å². The van der Waals surface area contributed by atoms with E-state index in [2.05, 4.69) is 15.3 Å². The number of nitrogens with one attached hydrogen (secondary N) is 1. The van der Waals surface area contributed by atoms with E-state index < -0.39 is 11.8 Å². The number of halogens is 4. The van der Waals surface area contributed by atoms with Crippen LogP contribution in [0, 0.1) is 0 Å². The third-order valence-corrected chi connectivity index (χ3v) is 4.50. The summed E-state index contributed by atoms with van der Waals surface area (Å²) in [5, 5.41) is 2.56. The molecule has 0 aliphatic carbocycles. The third-order valence-electron chi connectivity index (χ3n) is 4.50. The molecule has 0 atom stereocenters. The number of alkyl halides is 4. The number of pyridine rings is 2. The van der Waals surface area contributed by atoms with Gasteiger partial charge in [0, 0.05) is 50.4 Å². The van der Waals surface area contributed by atoms with Gasteiger partial charge in [-0.25, -0.2) is 27.5 Å². The molecule has 0 amide bonds. The van der Waals surface area contributed by atoms with E-state index in [0.717, 1.165) is 11.8 Å². The van der Waals surface area contributed by atoms with Crippen molar-refractivity contribution in [2.24, 2.45) is 0 Å². The summed E-state index contributed by atoms with van der Waals surface area (Å²) < 4.78 is 49.5. The summed E-state index contributed by atoms with van der Waals surface area (Å²) in [7, 11) is 0. The van der Waals surface area contributed by atoms with Gasteiger partial charge in [0.1, 0.15) is 11.6 Å². The topological polar surface area (TPSA) is 110 Å². The van der Waals surface area contributed by atoms with Crippen molar-refractivity contribution in [1.29, 1.82) is 0 Å². The van der Waals surface area contributed by atoms with Gasteiger partial charge in [-0.3, -0.25) is 9.69 Å². The Kier molecular flexibility index (Phi) is 8.69. The molecule has 2 aliphatic rings. The van der Waals surface area contributed by atoms with Crippen LogP contribution >= 0.6 is 0 Å². The van der Waals surface area contributed by atoms with E-state index >= 15 is 0 Å². The number of likely N-dealkylation sites (tertiary alicyclic amines) is 1. The van der Waals surface area contributed by atoms with Gasteiger partial charge in [0.05, 0.1) is 13.1 Å². The Labute approximate surface area is 177 Å². The van der Waals surface area contributed by atoms with Gasteiger partial charge in [0.25, 0.3) is 11.8 Å². The molecule has 0 aromatic carbocycles. The Hall–Kier alpha value is -2.79. The quantitative estimate of drug-likeness (QED) is 0.495. The Morgan fingerprint density at radius 1 is 1.00 bits per heavy atom. The van der Waals surface area contributed by atoms with Crippen LogP contribution in [-0.4, -0.2) is 59.2 Å². The van der Waals surface area contributed by atoms with Crippen LogP contribution in [0.3, 0.4) is 0 Å². The highest BCUT2D eigenvalue weighted by Gasteiger charge is 2.37. The lowest BCUT2D eigenvalue weighted by Gasteiger charge is -2.15. The summed E-state index contributed by atoms with van der Waals surface area (Å²) in [6.45, 7) is 1.14. The zero-order valence-electron chi connectivity index (χ0n) is 16.9. The smallest absolute Gasteiger partial charge is 0.261 e. The van der Waals surface area contributed by atoms with Gasteiger partial charge in [0.15, 0.2) is 6.29 Å². The molecule has 7 nitrogen and oxygen atoms in total. The highest BCUT2D eigenvalue weighted by Crippen LogP contribution is 2.27. The summed E-state index contributed by atoms with van der Waals surface area (Å²) >= 11 is 0. The van der Waals surface area contributed by atoms with Crippen LogP contribution < -0.4 is 16.8 Å². The minimum atomic E-state index is -2.53. The highest BCUT2D eigenvalue weighted by atomic mass is 19.3. The number of carbonyl (C=O) groups is 1. The molecule has 0 saturated carbocycles. The van der Waals surface area contributed by atoms with E-state index in [9.17, 15) is 22.4 Å². The van der Waals surface area contributed by atoms with Crippen molar-refractivity contribution in [2.75, 3.05) is 37.6 Å². The molecule has 2 fully saturated rings. The molecular weight excluding hydrogens is 416 g/mol. The number of rotatable bonds is 3. The number of nitrogens with zero attached hydrogens (tertiary/aromatic N) is 3. The molecule has 4 heterocycles. The lowest BCUT2D eigenvalue weighted by atomic mass is 10.2. The van der Waals surface area contributed by atoms with E-state index in [1.54, 1.807) is 29.3 Å². The zero-order chi connectivity index (χ0) is 22.9. The van der Waals surface area contributed by atoms with Gasteiger partial charge in [-0.1, -0.05) is 6.07 Å². The number of anilines is 2. The average Bonchev–Trinajstić information content (AvgIpc) is 3.29. The molecule has 31 heavy (non-hydrogen) atoms. The van der Waals surface area contributed by atoms with Crippen LogP contribution in [-0.2, 0) is 6.54 Å². The molecular formula is C20H26F4N6O. The highest BCUT2D eigenvalue weighted by molar-refractivity contribution is 5.74. The predicted molar refractivity (Wildman–Crippen MR) is 110 cm³/mol. The summed E-state index contributed by atoms with van der Waals surface area (Å²) in [5.41, 5.74) is 12.2. The Morgan fingerprint density at radius 3 is 2.06 bits per heavy atom. The van der Waals surface area contributed by atoms with Gasteiger partial charge in [-0.05, 0) is 23.8 Å². The first-order chi connectivity index (χ1) is 14.6. The third kappa shape index (κ3) is 9.26. The van der Waals surface area contributed by atoms with Gasteiger partial charge >= 0.3 is 0 Å². The summed E-state index contributed by atoms with van der Waals surface area (Å²) in [6.07, 6.45) is 3.75. The normalized spacial score (nSPS) is 19.0. The van der Waals surface area contributed by atoms with Gasteiger partial charge in [0.2, 0.25) is 0 Å². The molecule has 11 heteroatoms. The van der Waals surface area contributed by atoms with Crippen molar-refractivity contribution >= 4 is 17.9 Å². The maximum absolute atomic E-state index is 12.9. The number of hydrogen-bond donors (Lipinski definition) is 3. The predicted octanol–water partition coefficient (Wildman–Crippen LogP) is 2.60. The molecule has 170 valence electrons. The fourth-order valence-corrected chi connectivity index (χ4v) is 2.85. The van der Waals surface area contributed by atoms with E-state index in [-0.39, 0.29) is 25.9 Å². The van der Waals surface area contributed by atoms with E-state index in [0.29, 0.717) is 36.8 Å². The first-order valence-corrected chi connectivity index (χ1v) is 9.64. The van der Waals surface area contributed by atoms with Crippen LogP contribution in [0.4, 0.5) is 29.2 Å². The van der Waals surface area contributed by atoms with Crippen molar-refractivity contribution in [1.82, 2.24) is 20.2 Å². The monoisotopic (exact) mass is 442 g/mol. The van der Waals surface area contributed by atoms with Gasteiger partial charge < -0.3 is 16.8 Å². The van der Waals surface area contributed by atoms with Gasteiger partial charge in [-0.15, -0.1) is 0 Å². The second-order valence-corrected chi connectivity index (χ2v) is 7.32. The maximum Gasteiger partial charge on any atom is 0.261 e. The molecule has 2 saturated heterocycles. The van der Waals surface area contributed by atoms with E-state index in [1.807, 2.05) is 6.07 Å². The van der Waals surface area contributed by atoms with Crippen molar-refractivity contribution in [3.63, 3.8) is 0 Å². The Bertz CT molecular complexity index is 809. The number of nitrogens with two attached hydrogens (primary N) is 2. The molecule has 0 unspecified atom stereocenters. The van der Waals surface area contributed by atoms with Crippen LogP contribution in [0.15, 0.2) is 36.7 Å². The molecule has 0 bridgehead atoms. The first kappa shape index (κ1) is 24.5. The lowest BCUT2D eigenvalue weighted by molar-refractivity contribution is 0.0114. The molecule has 0 spiro atoms. The van der Waals surface area contributed by atoms with Crippen LogP contribution in [0.25, 0.3) is 0 Å². The Morgan fingerprint density at radius 2 is 1.68 bits per heavy atom. The number of aromatic nitrogens is 2. The fourth-order valence-electron chi connectivity index (χ4n) is 2.85. The largest absolute Gasteiger partial charge is 0.384 e. The summed E-state index contributed by atoms with van der Waals surface area (Å²) in [5.74, 6) is -4.06. The van der Waals surface area contributed by atoms with Crippen molar-refractivity contribution in [2.45, 2.75) is 31.2 Å². The molecule has 2 aliphatic heterocycles. The number of hydrogen-bond acceptors (Lipinski definition) is 7. The van der Waals surface area contributed by atoms with Crippen molar-refractivity contribution in [3.05, 3.63) is 47.8 Å². The number of carbonyl (C=O) groups excluding carboxylic acids is 1. The van der Waals surface area contributed by atoms with Crippen LogP contribution in [0.2, 0.25) is 0 Å². The summed E-state index contributed by atoms with van der Waals surface area (Å²) in [4.78, 5) is 19.4. The lowest BCUT2D eigenvalue weighted by Crippen LogP contribution is -2.24. The van der Waals surface area contributed by atoms with Crippen LogP contribution in [0.5, 0.6) is 0 Å². The molecule has 4 rings (SSSR count). The molecule has 2 aromatic heterocycles. The number of aldehydes is 1. The molecule has 5 N–H and O–H groups in total. The van der Waals surface area contributed by atoms with E-state index in [4.69, 9.17) is 11.5 Å². The molecule has 0 radical (unpaired) electrons. The Balaban J connectivity index is 0.000000181. The van der Waals surface area contributed by atoms with Crippen LogP contribution in [0.1, 0.15) is 28.8 Å². The second-order valence-electron chi connectivity index (χ2n) is 7.32.